The van der Waals surface area contributed by atoms with Gasteiger partial charge >= 0.3 is 0 Å². The van der Waals surface area contributed by atoms with Crippen molar-refractivity contribution in [2.75, 3.05) is 10.6 Å². The minimum atomic E-state index is -0.0792. The lowest BCUT2D eigenvalue weighted by Crippen LogP contribution is -2.19. The highest BCUT2D eigenvalue weighted by Crippen LogP contribution is 2.20. The molecule has 1 aromatic heterocycles. The maximum atomic E-state index is 11.1. The van der Waals surface area contributed by atoms with Crippen LogP contribution in [-0.4, -0.2) is 22.3 Å². The highest BCUT2D eigenvalue weighted by atomic mass is 16.6. The Morgan fingerprint density at radius 1 is 1.50 bits per heavy atom. The lowest BCUT2D eigenvalue weighted by molar-refractivity contribution is -0.116. The van der Waals surface area contributed by atoms with Crippen molar-refractivity contribution < 1.29 is 9.42 Å². The summed E-state index contributed by atoms with van der Waals surface area (Å²) in [6, 6.07) is 0.0538. The minimum Gasteiger partial charge on any atom is -0.361 e. The van der Waals surface area contributed by atoms with Crippen molar-refractivity contribution in [3.8, 4) is 0 Å². The summed E-state index contributed by atoms with van der Waals surface area (Å²) >= 11 is 0. The van der Waals surface area contributed by atoms with Gasteiger partial charge in [0, 0.05) is 12.5 Å². The average molecular weight is 168 g/mol. The van der Waals surface area contributed by atoms with E-state index < -0.39 is 0 Å². The first-order valence-electron chi connectivity index (χ1n) is 3.64. The highest BCUT2D eigenvalue weighted by molar-refractivity contribution is 5.93. The van der Waals surface area contributed by atoms with E-state index >= 15 is 0 Å². The lowest BCUT2D eigenvalue weighted by Gasteiger charge is -2.05. The number of fused-ring (bicyclic) bond motifs is 1. The Bertz CT molecular complexity index is 308. The SMILES string of the molecule is CC1CC(=O)Nc2nonc2N1. The van der Waals surface area contributed by atoms with Gasteiger partial charge < -0.3 is 10.6 Å². The van der Waals surface area contributed by atoms with Gasteiger partial charge in [-0.2, -0.15) is 0 Å². The first-order valence-corrected chi connectivity index (χ1v) is 3.64. The third-order valence-electron chi connectivity index (χ3n) is 1.62. The summed E-state index contributed by atoms with van der Waals surface area (Å²) in [7, 11) is 0. The van der Waals surface area contributed by atoms with Gasteiger partial charge in [-0.25, -0.2) is 4.63 Å². The zero-order valence-corrected chi connectivity index (χ0v) is 6.50. The zero-order chi connectivity index (χ0) is 8.55. The van der Waals surface area contributed by atoms with Crippen molar-refractivity contribution in [1.29, 1.82) is 0 Å². The molecule has 1 unspecified atom stereocenters. The van der Waals surface area contributed by atoms with E-state index in [-0.39, 0.29) is 11.9 Å². The topological polar surface area (TPSA) is 80.1 Å². The Hall–Kier alpha value is -1.59. The fraction of sp³-hybridized carbons (Fsp3) is 0.500. The Morgan fingerprint density at radius 3 is 3.08 bits per heavy atom. The molecule has 0 fully saturated rings. The van der Waals surface area contributed by atoms with Gasteiger partial charge in [-0.05, 0) is 17.2 Å². The van der Waals surface area contributed by atoms with Crippen molar-refractivity contribution in [2.45, 2.75) is 19.4 Å². The molecule has 6 heteroatoms. The van der Waals surface area contributed by atoms with Crippen molar-refractivity contribution in [3.63, 3.8) is 0 Å². The van der Waals surface area contributed by atoms with Gasteiger partial charge in [0.15, 0.2) is 0 Å². The quantitative estimate of drug-likeness (QED) is 0.579. The van der Waals surface area contributed by atoms with Crippen LogP contribution in [0.5, 0.6) is 0 Å². The molecule has 0 bridgehead atoms. The van der Waals surface area contributed by atoms with Gasteiger partial charge in [-0.1, -0.05) is 0 Å². The molecule has 1 aliphatic heterocycles. The van der Waals surface area contributed by atoms with Crippen LogP contribution >= 0.6 is 0 Å². The second-order valence-electron chi connectivity index (χ2n) is 2.76. The number of carbonyl (C=O) groups is 1. The summed E-state index contributed by atoms with van der Waals surface area (Å²) < 4.78 is 4.44. The molecule has 2 heterocycles. The minimum absolute atomic E-state index is 0.0538. The summed E-state index contributed by atoms with van der Waals surface area (Å²) in [6.07, 6.45) is 0.415. The van der Waals surface area contributed by atoms with Gasteiger partial charge in [0.25, 0.3) is 0 Å². The monoisotopic (exact) mass is 168 g/mol. The second-order valence-corrected chi connectivity index (χ2v) is 2.76. The smallest absolute Gasteiger partial charge is 0.227 e. The molecule has 2 N–H and O–H groups in total. The fourth-order valence-electron chi connectivity index (χ4n) is 1.11. The third-order valence-corrected chi connectivity index (χ3v) is 1.62. The molecule has 2 rings (SSSR count). The summed E-state index contributed by atoms with van der Waals surface area (Å²) in [5, 5.41) is 12.7. The predicted octanol–water partition coefficient (Wildman–Crippen LogP) is 0.212. The van der Waals surface area contributed by atoms with Crippen LogP contribution in [-0.2, 0) is 4.79 Å². The summed E-state index contributed by atoms with van der Waals surface area (Å²) in [5.41, 5.74) is 0. The number of amides is 1. The number of nitrogens with zero attached hydrogens (tertiary/aromatic N) is 2. The van der Waals surface area contributed by atoms with Crippen molar-refractivity contribution >= 4 is 17.5 Å². The first-order chi connectivity index (χ1) is 5.75. The summed E-state index contributed by atoms with van der Waals surface area (Å²) in [6.45, 7) is 1.89. The second kappa shape index (κ2) is 2.47. The Morgan fingerprint density at radius 2 is 2.25 bits per heavy atom. The molecule has 64 valence electrons. The largest absolute Gasteiger partial charge is 0.361 e. The molecule has 0 aliphatic carbocycles. The number of carbonyl (C=O) groups excluding carboxylic acids is 1. The van der Waals surface area contributed by atoms with Crippen LogP contribution in [0.3, 0.4) is 0 Å². The van der Waals surface area contributed by atoms with Crippen molar-refractivity contribution in [3.05, 3.63) is 0 Å². The number of hydrogen-bond acceptors (Lipinski definition) is 5. The van der Waals surface area contributed by atoms with Gasteiger partial charge in [0.1, 0.15) is 0 Å². The van der Waals surface area contributed by atoms with Crippen LogP contribution in [0.1, 0.15) is 13.3 Å². The molecule has 0 saturated carbocycles. The summed E-state index contributed by atoms with van der Waals surface area (Å²) in [4.78, 5) is 11.1. The molecule has 1 aliphatic rings. The molecule has 1 aromatic rings. The van der Waals surface area contributed by atoms with E-state index in [0.717, 1.165) is 0 Å². The predicted molar refractivity (Wildman–Crippen MR) is 40.6 cm³/mol. The maximum absolute atomic E-state index is 11.1. The Labute approximate surface area is 68.3 Å². The number of hydrogen-bond donors (Lipinski definition) is 2. The molecule has 0 radical (unpaired) electrons. The number of rotatable bonds is 0. The molecule has 12 heavy (non-hydrogen) atoms. The zero-order valence-electron chi connectivity index (χ0n) is 6.50. The molecular formula is C6H8N4O2. The molecule has 0 spiro atoms. The molecule has 6 nitrogen and oxygen atoms in total. The molecule has 1 amide bonds. The van der Waals surface area contributed by atoms with Gasteiger partial charge in [0.2, 0.25) is 17.5 Å². The van der Waals surface area contributed by atoms with Crippen LogP contribution in [0.25, 0.3) is 0 Å². The fourth-order valence-corrected chi connectivity index (χ4v) is 1.11. The average Bonchev–Trinajstić information content (AvgIpc) is 2.31. The third kappa shape index (κ3) is 1.11. The van der Waals surface area contributed by atoms with Gasteiger partial charge in [0.05, 0.1) is 0 Å². The van der Waals surface area contributed by atoms with E-state index in [4.69, 9.17) is 0 Å². The molecule has 1 atom stereocenters. The van der Waals surface area contributed by atoms with Crippen LogP contribution in [0, 0.1) is 0 Å². The number of nitrogens with one attached hydrogen (secondary N) is 2. The number of aromatic nitrogens is 2. The van der Waals surface area contributed by atoms with Gasteiger partial charge in [-0.3, -0.25) is 4.79 Å². The summed E-state index contributed by atoms with van der Waals surface area (Å²) in [5.74, 6) is 0.780. The van der Waals surface area contributed by atoms with Crippen LogP contribution in [0.2, 0.25) is 0 Å². The van der Waals surface area contributed by atoms with Crippen LogP contribution in [0.4, 0.5) is 11.6 Å². The highest BCUT2D eigenvalue weighted by Gasteiger charge is 2.21. The standard InChI is InChI=1S/C6H8N4O2/c1-3-2-4(11)8-6-5(7-3)9-12-10-6/h3H,2H2,1H3,(H,7,9)(H,8,10,11). The molecule has 0 aromatic carbocycles. The van der Waals surface area contributed by atoms with Crippen molar-refractivity contribution in [2.24, 2.45) is 0 Å². The normalized spacial score (nSPS) is 22.1. The van der Waals surface area contributed by atoms with Gasteiger partial charge in [-0.15, -0.1) is 0 Å². The molecular weight excluding hydrogens is 160 g/mol. The van der Waals surface area contributed by atoms with E-state index in [1.165, 1.54) is 0 Å². The maximum Gasteiger partial charge on any atom is 0.227 e. The van der Waals surface area contributed by atoms with E-state index in [2.05, 4.69) is 25.6 Å². The Balaban J connectivity index is 2.33. The van der Waals surface area contributed by atoms with E-state index in [0.29, 0.717) is 18.1 Å². The Kier molecular flexibility index (Phi) is 1.46. The van der Waals surface area contributed by atoms with E-state index in [1.807, 2.05) is 6.92 Å². The van der Waals surface area contributed by atoms with Crippen LogP contribution in [0.15, 0.2) is 4.63 Å². The van der Waals surface area contributed by atoms with Crippen LogP contribution < -0.4 is 10.6 Å². The van der Waals surface area contributed by atoms with E-state index in [9.17, 15) is 4.79 Å². The molecule has 0 saturated heterocycles. The van der Waals surface area contributed by atoms with Crippen molar-refractivity contribution in [1.82, 2.24) is 10.3 Å². The van der Waals surface area contributed by atoms with E-state index in [1.54, 1.807) is 0 Å². The lowest BCUT2D eigenvalue weighted by atomic mass is 10.2. The first kappa shape index (κ1) is 7.08. The number of anilines is 2.